The minimum absolute atomic E-state index is 0.143. The largest absolute Gasteiger partial charge is 0.497 e. The molecule has 100 valence electrons. The van der Waals surface area contributed by atoms with Gasteiger partial charge in [0.1, 0.15) is 5.75 Å². The molecule has 2 atom stereocenters. The van der Waals surface area contributed by atoms with E-state index in [0.717, 1.165) is 12.2 Å². The zero-order valence-electron chi connectivity index (χ0n) is 11.1. The first-order valence-electron chi connectivity index (χ1n) is 6.57. The van der Waals surface area contributed by atoms with Crippen molar-refractivity contribution in [3.05, 3.63) is 29.1 Å². The third kappa shape index (κ3) is 2.32. The Labute approximate surface area is 116 Å². The van der Waals surface area contributed by atoms with E-state index in [-0.39, 0.29) is 5.91 Å². The number of hydrogen-bond donors (Lipinski definition) is 1. The highest BCUT2D eigenvalue weighted by Gasteiger charge is 2.40. The summed E-state index contributed by atoms with van der Waals surface area (Å²) in [5.41, 5.74) is 1.35. The summed E-state index contributed by atoms with van der Waals surface area (Å²) in [7, 11) is 1.69. The minimum atomic E-state index is 0.143. The van der Waals surface area contributed by atoms with Gasteiger partial charge in [0.2, 0.25) is 5.91 Å². The molecule has 1 heterocycles. The highest BCUT2D eigenvalue weighted by atomic mass is 32.1. The molecular formula is C15H17NO2S. The maximum Gasteiger partial charge on any atom is 0.219 e. The van der Waals surface area contributed by atoms with Crippen LogP contribution >= 0.6 is 11.3 Å². The normalized spacial score (nSPS) is 21.4. The van der Waals surface area contributed by atoms with Crippen molar-refractivity contribution in [1.29, 1.82) is 0 Å². The molecule has 0 spiro atoms. The topological polar surface area (TPSA) is 38.3 Å². The van der Waals surface area contributed by atoms with Gasteiger partial charge in [0.05, 0.1) is 7.11 Å². The second-order valence-electron chi connectivity index (χ2n) is 4.92. The van der Waals surface area contributed by atoms with E-state index in [4.69, 9.17) is 4.74 Å². The van der Waals surface area contributed by atoms with Gasteiger partial charge in [0.15, 0.2) is 0 Å². The SMILES string of the molecule is CCC(=O)NC1CC1c1csc2ccc(OC)cc12. The van der Waals surface area contributed by atoms with Crippen LogP contribution in [0, 0.1) is 0 Å². The summed E-state index contributed by atoms with van der Waals surface area (Å²) in [6, 6.07) is 6.51. The van der Waals surface area contributed by atoms with E-state index in [1.807, 2.05) is 13.0 Å². The summed E-state index contributed by atoms with van der Waals surface area (Å²) in [5.74, 6) is 1.50. The smallest absolute Gasteiger partial charge is 0.219 e. The number of fused-ring (bicyclic) bond motifs is 1. The zero-order valence-corrected chi connectivity index (χ0v) is 11.9. The van der Waals surface area contributed by atoms with Crippen LogP contribution < -0.4 is 10.1 Å². The predicted molar refractivity (Wildman–Crippen MR) is 78.0 cm³/mol. The van der Waals surface area contributed by atoms with Crippen LogP contribution in [0.5, 0.6) is 5.75 Å². The summed E-state index contributed by atoms with van der Waals surface area (Å²) < 4.78 is 6.57. The second-order valence-corrected chi connectivity index (χ2v) is 5.83. The number of carbonyl (C=O) groups is 1. The molecular weight excluding hydrogens is 258 g/mol. The minimum Gasteiger partial charge on any atom is -0.497 e. The molecule has 3 nitrogen and oxygen atoms in total. The van der Waals surface area contributed by atoms with E-state index in [9.17, 15) is 4.79 Å². The number of benzene rings is 1. The average molecular weight is 275 g/mol. The molecule has 3 rings (SSSR count). The maximum absolute atomic E-state index is 11.4. The van der Waals surface area contributed by atoms with E-state index >= 15 is 0 Å². The van der Waals surface area contributed by atoms with Crippen molar-refractivity contribution < 1.29 is 9.53 Å². The Morgan fingerprint density at radius 2 is 2.37 bits per heavy atom. The van der Waals surface area contributed by atoms with Crippen molar-refractivity contribution in [3.63, 3.8) is 0 Å². The standard InChI is InChI=1S/C15H17NO2S/c1-3-15(17)16-13-7-10(13)12-8-19-14-5-4-9(18-2)6-11(12)14/h4-6,8,10,13H,3,7H2,1-2H3,(H,16,17). The molecule has 1 amide bonds. The summed E-state index contributed by atoms with van der Waals surface area (Å²) in [4.78, 5) is 11.4. The van der Waals surface area contributed by atoms with Gasteiger partial charge in [0.25, 0.3) is 0 Å². The molecule has 0 bridgehead atoms. The average Bonchev–Trinajstić information content (AvgIpc) is 3.06. The van der Waals surface area contributed by atoms with Crippen molar-refractivity contribution in [2.45, 2.75) is 31.7 Å². The third-order valence-corrected chi connectivity index (χ3v) is 4.65. The van der Waals surface area contributed by atoms with Crippen LogP contribution in [-0.2, 0) is 4.79 Å². The van der Waals surface area contributed by atoms with Gasteiger partial charge in [-0.15, -0.1) is 11.3 Å². The quantitative estimate of drug-likeness (QED) is 0.930. The Bertz CT molecular complexity index is 620. The van der Waals surface area contributed by atoms with Crippen LogP contribution in [0.25, 0.3) is 10.1 Å². The number of nitrogens with one attached hydrogen (secondary N) is 1. The molecule has 1 aromatic heterocycles. The first kappa shape index (κ1) is 12.5. The lowest BCUT2D eigenvalue weighted by Gasteiger charge is -2.03. The molecule has 1 saturated carbocycles. The summed E-state index contributed by atoms with van der Waals surface area (Å²) in [6.07, 6.45) is 1.61. The van der Waals surface area contributed by atoms with E-state index in [2.05, 4.69) is 22.8 Å². The Morgan fingerprint density at radius 3 is 3.11 bits per heavy atom. The lowest BCUT2D eigenvalue weighted by molar-refractivity contribution is -0.120. The molecule has 1 aromatic carbocycles. The summed E-state index contributed by atoms with van der Waals surface area (Å²) >= 11 is 1.76. The fraction of sp³-hybridized carbons (Fsp3) is 0.400. The lowest BCUT2D eigenvalue weighted by Crippen LogP contribution is -2.25. The van der Waals surface area contributed by atoms with Gasteiger partial charge in [-0.1, -0.05) is 6.92 Å². The van der Waals surface area contributed by atoms with Crippen molar-refractivity contribution in [3.8, 4) is 5.75 Å². The van der Waals surface area contributed by atoms with Crippen LogP contribution in [0.1, 0.15) is 31.2 Å². The molecule has 1 aliphatic rings. The van der Waals surface area contributed by atoms with Gasteiger partial charge in [-0.25, -0.2) is 0 Å². The molecule has 2 unspecified atom stereocenters. The van der Waals surface area contributed by atoms with Gasteiger partial charge in [-0.05, 0) is 40.9 Å². The number of amides is 1. The van der Waals surface area contributed by atoms with E-state index in [1.165, 1.54) is 15.6 Å². The molecule has 1 N–H and O–H groups in total. The molecule has 0 radical (unpaired) electrons. The van der Waals surface area contributed by atoms with Gasteiger partial charge >= 0.3 is 0 Å². The fourth-order valence-electron chi connectivity index (χ4n) is 2.45. The van der Waals surface area contributed by atoms with Crippen LogP contribution in [-0.4, -0.2) is 19.1 Å². The fourth-order valence-corrected chi connectivity index (χ4v) is 3.46. The lowest BCUT2D eigenvalue weighted by atomic mass is 10.1. The molecule has 0 saturated heterocycles. The number of ether oxygens (including phenoxy) is 1. The Balaban J connectivity index is 1.84. The van der Waals surface area contributed by atoms with Gasteiger partial charge in [-0.2, -0.15) is 0 Å². The molecule has 2 aromatic rings. The van der Waals surface area contributed by atoms with Crippen LogP contribution in [0.2, 0.25) is 0 Å². The van der Waals surface area contributed by atoms with Gasteiger partial charge in [-0.3, -0.25) is 4.79 Å². The van der Waals surface area contributed by atoms with E-state index in [1.54, 1.807) is 18.4 Å². The highest BCUT2D eigenvalue weighted by molar-refractivity contribution is 7.17. The second kappa shape index (κ2) is 4.85. The number of thiophene rings is 1. The third-order valence-electron chi connectivity index (χ3n) is 3.67. The Kier molecular flexibility index (Phi) is 3.19. The molecule has 4 heteroatoms. The van der Waals surface area contributed by atoms with Crippen molar-refractivity contribution >= 4 is 27.3 Å². The van der Waals surface area contributed by atoms with Gasteiger partial charge < -0.3 is 10.1 Å². The Morgan fingerprint density at radius 1 is 1.53 bits per heavy atom. The van der Waals surface area contributed by atoms with Crippen molar-refractivity contribution in [2.75, 3.05) is 7.11 Å². The highest BCUT2D eigenvalue weighted by Crippen LogP contribution is 2.46. The van der Waals surface area contributed by atoms with Crippen LogP contribution in [0.15, 0.2) is 23.6 Å². The molecule has 0 aliphatic heterocycles. The number of carbonyl (C=O) groups excluding carboxylic acids is 1. The zero-order chi connectivity index (χ0) is 13.4. The van der Waals surface area contributed by atoms with E-state index in [0.29, 0.717) is 18.4 Å². The summed E-state index contributed by atoms with van der Waals surface area (Å²) in [5, 5.41) is 6.55. The number of methoxy groups -OCH3 is 1. The summed E-state index contributed by atoms with van der Waals surface area (Å²) in [6.45, 7) is 1.89. The first-order chi connectivity index (χ1) is 9.22. The number of hydrogen-bond acceptors (Lipinski definition) is 3. The number of rotatable bonds is 4. The molecule has 1 fully saturated rings. The van der Waals surface area contributed by atoms with Crippen LogP contribution in [0.3, 0.4) is 0 Å². The molecule has 1 aliphatic carbocycles. The van der Waals surface area contributed by atoms with Crippen molar-refractivity contribution in [2.24, 2.45) is 0 Å². The Hall–Kier alpha value is -1.55. The molecule has 19 heavy (non-hydrogen) atoms. The van der Waals surface area contributed by atoms with E-state index < -0.39 is 0 Å². The first-order valence-corrected chi connectivity index (χ1v) is 7.45. The maximum atomic E-state index is 11.4. The van der Waals surface area contributed by atoms with Gasteiger partial charge in [0, 0.05) is 23.1 Å². The van der Waals surface area contributed by atoms with Crippen LogP contribution in [0.4, 0.5) is 0 Å². The predicted octanol–water partition coefficient (Wildman–Crippen LogP) is 3.29. The monoisotopic (exact) mass is 275 g/mol. The van der Waals surface area contributed by atoms with Crippen molar-refractivity contribution in [1.82, 2.24) is 5.32 Å².